The molecule has 0 aliphatic carbocycles. The summed E-state index contributed by atoms with van der Waals surface area (Å²) >= 11 is 0. The Bertz CT molecular complexity index is 1500. The lowest BCUT2D eigenvalue weighted by Gasteiger charge is -2.26. The van der Waals surface area contributed by atoms with Gasteiger partial charge in [-0.15, -0.1) is 5.10 Å². The Balaban J connectivity index is 1.56. The van der Waals surface area contributed by atoms with Crippen molar-refractivity contribution >= 4 is 29.3 Å². The summed E-state index contributed by atoms with van der Waals surface area (Å²) in [6.07, 6.45) is 7.38. The Hall–Kier alpha value is -3.45. The fourth-order valence-electron chi connectivity index (χ4n) is 3.73. The summed E-state index contributed by atoms with van der Waals surface area (Å²) in [5.41, 5.74) is 4.01. The van der Waals surface area contributed by atoms with Crippen LogP contribution in [0.15, 0.2) is 55.1 Å². The van der Waals surface area contributed by atoms with Crippen molar-refractivity contribution in [2.45, 2.75) is 25.7 Å². The van der Waals surface area contributed by atoms with Crippen LogP contribution in [0, 0.1) is 0 Å². The second-order valence-electron chi connectivity index (χ2n) is 8.86. The number of nitrogens with zero attached hydrogens (tertiary/aromatic N) is 8. The molecule has 4 aromatic heterocycles. The number of aromatic nitrogens is 8. The van der Waals surface area contributed by atoms with E-state index >= 15 is 0 Å². The summed E-state index contributed by atoms with van der Waals surface area (Å²) in [4.78, 5) is 13.7. The van der Waals surface area contributed by atoms with Gasteiger partial charge < -0.3 is 4.57 Å². The van der Waals surface area contributed by atoms with Crippen LogP contribution in [0.1, 0.15) is 19.4 Å². The third-order valence-electron chi connectivity index (χ3n) is 5.42. The highest BCUT2D eigenvalue weighted by atomic mass is 31.2. The van der Waals surface area contributed by atoms with Gasteiger partial charge in [0.1, 0.15) is 7.14 Å². The van der Waals surface area contributed by atoms with Crippen molar-refractivity contribution in [1.29, 1.82) is 0 Å². The molecule has 9 nitrogen and oxygen atoms in total. The molecular formula is C22H23N8OP. The van der Waals surface area contributed by atoms with Gasteiger partial charge in [0.25, 0.3) is 0 Å². The van der Waals surface area contributed by atoms with Crippen LogP contribution < -0.4 is 0 Å². The zero-order valence-electron chi connectivity index (χ0n) is 18.3. The first-order valence-corrected chi connectivity index (χ1v) is 13.0. The molecule has 10 heteroatoms. The van der Waals surface area contributed by atoms with E-state index in [0.717, 1.165) is 22.0 Å². The minimum Gasteiger partial charge on any atom is -0.322 e. The van der Waals surface area contributed by atoms with Crippen LogP contribution in [-0.4, -0.2) is 53.1 Å². The number of fused-ring (bicyclic) bond motifs is 2. The lowest BCUT2D eigenvalue weighted by Crippen LogP contribution is -2.29. The van der Waals surface area contributed by atoms with Gasteiger partial charge in [0.15, 0.2) is 5.65 Å². The molecular weight excluding hydrogens is 423 g/mol. The van der Waals surface area contributed by atoms with E-state index < -0.39 is 12.7 Å². The van der Waals surface area contributed by atoms with E-state index in [-0.39, 0.29) is 0 Å². The van der Waals surface area contributed by atoms with E-state index in [1.165, 1.54) is 0 Å². The van der Waals surface area contributed by atoms with E-state index in [0.29, 0.717) is 23.3 Å². The third-order valence-corrected chi connectivity index (χ3v) is 6.39. The molecule has 0 N–H and O–H groups in total. The molecule has 0 spiro atoms. The van der Waals surface area contributed by atoms with Gasteiger partial charge in [0, 0.05) is 23.3 Å². The Labute approximate surface area is 184 Å². The maximum Gasteiger partial charge on any atom is 0.221 e. The van der Waals surface area contributed by atoms with Gasteiger partial charge in [-0.05, 0) is 50.9 Å². The van der Waals surface area contributed by atoms with E-state index in [1.807, 2.05) is 24.4 Å². The molecule has 0 unspecified atom stereocenters. The van der Waals surface area contributed by atoms with Gasteiger partial charge in [-0.3, -0.25) is 9.67 Å². The number of hydrogen-bond acceptors (Lipinski definition) is 7. The molecule has 1 aromatic carbocycles. The van der Waals surface area contributed by atoms with E-state index in [9.17, 15) is 4.57 Å². The summed E-state index contributed by atoms with van der Waals surface area (Å²) in [5.74, 6) is 0. The lowest BCUT2D eigenvalue weighted by atomic mass is 9.93. The molecule has 162 valence electrons. The van der Waals surface area contributed by atoms with E-state index in [1.54, 1.807) is 41.3 Å². The largest absolute Gasteiger partial charge is 0.322 e. The lowest BCUT2D eigenvalue weighted by molar-refractivity contribution is 0.391. The minimum absolute atomic E-state index is 0.381. The maximum atomic E-state index is 12.1. The number of pyridine rings is 1. The first-order chi connectivity index (χ1) is 15.2. The normalized spacial score (nSPS) is 12.6. The second kappa shape index (κ2) is 7.31. The molecule has 0 bridgehead atoms. The van der Waals surface area contributed by atoms with Gasteiger partial charge in [0.05, 0.1) is 35.4 Å². The van der Waals surface area contributed by atoms with Crippen molar-refractivity contribution in [2.75, 3.05) is 13.3 Å². The molecule has 5 aromatic rings. The van der Waals surface area contributed by atoms with Crippen LogP contribution >= 0.6 is 7.14 Å². The summed E-state index contributed by atoms with van der Waals surface area (Å²) in [5, 5.41) is 14.0. The fourth-order valence-corrected chi connectivity index (χ4v) is 4.58. The Morgan fingerprint density at radius 1 is 1.09 bits per heavy atom. The highest BCUT2D eigenvalue weighted by Gasteiger charge is 2.28. The van der Waals surface area contributed by atoms with Gasteiger partial charge in [-0.25, -0.2) is 14.6 Å². The minimum atomic E-state index is -2.24. The molecule has 5 rings (SSSR count). The number of benzene rings is 1. The van der Waals surface area contributed by atoms with Gasteiger partial charge in [-0.2, -0.15) is 5.10 Å². The average Bonchev–Trinajstić information content (AvgIpc) is 3.39. The van der Waals surface area contributed by atoms with Crippen molar-refractivity contribution in [3.63, 3.8) is 0 Å². The zero-order valence-corrected chi connectivity index (χ0v) is 19.2. The smallest absolute Gasteiger partial charge is 0.221 e. The number of hydrogen-bond donors (Lipinski definition) is 0. The Morgan fingerprint density at radius 2 is 1.94 bits per heavy atom. The molecule has 0 saturated heterocycles. The predicted octanol–water partition coefficient (Wildman–Crippen LogP) is 4.00. The van der Waals surface area contributed by atoms with Crippen LogP contribution in [-0.2, 0) is 16.4 Å². The molecule has 0 atom stereocenters. The van der Waals surface area contributed by atoms with E-state index in [2.05, 4.69) is 51.4 Å². The quantitative estimate of drug-likeness (QED) is 0.376. The van der Waals surface area contributed by atoms with Gasteiger partial charge >= 0.3 is 0 Å². The van der Waals surface area contributed by atoms with Crippen LogP contribution in [0.25, 0.3) is 33.5 Å². The number of rotatable bonds is 5. The van der Waals surface area contributed by atoms with Gasteiger partial charge in [-0.1, -0.05) is 17.3 Å². The predicted molar refractivity (Wildman–Crippen MR) is 124 cm³/mol. The average molecular weight is 446 g/mol. The SMILES string of the molecule is CC(C)(c1ccc2ncccc2c1)n1nnc2ncc(-c3cnn(CP(C)(C)=O)c3)nc21. The van der Waals surface area contributed by atoms with Crippen LogP contribution in [0.5, 0.6) is 0 Å². The van der Waals surface area contributed by atoms with Crippen molar-refractivity contribution in [3.8, 4) is 11.3 Å². The molecule has 0 aliphatic heterocycles. The summed E-state index contributed by atoms with van der Waals surface area (Å²) in [6.45, 7) is 7.64. The molecule has 0 fully saturated rings. The third kappa shape index (κ3) is 3.69. The first-order valence-electron chi connectivity index (χ1n) is 10.2. The standard InChI is InChI=1S/C22H23N8OP/c1-22(2,17-7-8-18-15(10-17)6-5-9-23-18)30-21-20(27-28-30)24-12-19(26-21)16-11-25-29(13-16)14-32(3,4)31/h5-13H,14H2,1-4H3. The summed E-state index contributed by atoms with van der Waals surface area (Å²) in [6, 6.07) is 10.2. The Kier molecular flexibility index (Phi) is 4.67. The molecule has 4 heterocycles. The van der Waals surface area contributed by atoms with Crippen molar-refractivity contribution in [2.24, 2.45) is 0 Å². The first kappa shape index (κ1) is 20.5. The van der Waals surface area contributed by atoms with Crippen molar-refractivity contribution < 1.29 is 4.57 Å². The summed E-state index contributed by atoms with van der Waals surface area (Å²) in [7, 11) is -2.24. The summed E-state index contributed by atoms with van der Waals surface area (Å²) < 4.78 is 15.6. The highest BCUT2D eigenvalue weighted by molar-refractivity contribution is 7.61. The van der Waals surface area contributed by atoms with Crippen molar-refractivity contribution in [3.05, 3.63) is 60.7 Å². The highest BCUT2D eigenvalue weighted by Crippen LogP contribution is 2.38. The molecule has 0 amide bonds. The van der Waals surface area contributed by atoms with Crippen LogP contribution in [0.2, 0.25) is 0 Å². The second-order valence-corrected chi connectivity index (χ2v) is 12.3. The van der Waals surface area contributed by atoms with Crippen LogP contribution in [0.4, 0.5) is 0 Å². The maximum absolute atomic E-state index is 12.1. The molecule has 32 heavy (non-hydrogen) atoms. The fraction of sp³-hybridized carbons (Fsp3) is 0.273. The molecule has 0 radical (unpaired) electrons. The van der Waals surface area contributed by atoms with Crippen molar-refractivity contribution in [1.82, 2.24) is 39.7 Å². The van der Waals surface area contributed by atoms with E-state index in [4.69, 9.17) is 4.98 Å². The Morgan fingerprint density at radius 3 is 2.75 bits per heavy atom. The van der Waals surface area contributed by atoms with Crippen LogP contribution in [0.3, 0.4) is 0 Å². The van der Waals surface area contributed by atoms with Gasteiger partial charge in [0.2, 0.25) is 5.65 Å². The monoisotopic (exact) mass is 446 g/mol. The molecule has 0 aliphatic rings. The molecule has 0 saturated carbocycles. The zero-order chi connectivity index (χ0) is 22.5. The topological polar surface area (TPSA) is 104 Å².